The molecule has 2 aliphatic rings. The molecule has 0 radical (unpaired) electrons. The lowest BCUT2D eigenvalue weighted by atomic mass is 9.76. The largest absolute Gasteiger partial charge is 0.329 e. The topological polar surface area (TPSA) is 29.3 Å². The second kappa shape index (κ2) is 5.50. The molecule has 0 aromatic carbocycles. The molecule has 1 saturated carbocycles. The van der Waals surface area contributed by atoms with Crippen molar-refractivity contribution in [2.24, 2.45) is 17.1 Å². The van der Waals surface area contributed by atoms with Gasteiger partial charge in [-0.05, 0) is 56.5 Å². The predicted molar refractivity (Wildman–Crippen MR) is 78.6 cm³/mol. The molecular formula is C16H32N2. The van der Waals surface area contributed by atoms with E-state index in [0.717, 1.165) is 12.5 Å². The van der Waals surface area contributed by atoms with Gasteiger partial charge in [0, 0.05) is 12.1 Å². The summed E-state index contributed by atoms with van der Waals surface area (Å²) in [6.45, 7) is 10.6. The maximum absolute atomic E-state index is 6.17. The van der Waals surface area contributed by atoms with Crippen LogP contribution in [0.25, 0.3) is 0 Å². The number of rotatable bonds is 4. The Morgan fingerprint density at radius 2 is 1.83 bits per heavy atom. The van der Waals surface area contributed by atoms with Gasteiger partial charge in [-0.3, -0.25) is 4.90 Å². The van der Waals surface area contributed by atoms with E-state index in [1.807, 2.05) is 0 Å². The summed E-state index contributed by atoms with van der Waals surface area (Å²) in [5.41, 5.74) is 7.12. The molecule has 1 aliphatic heterocycles. The Balaban J connectivity index is 1.99. The standard InChI is InChI=1S/C16H32N2/c1-4-14-6-7-16(12-14,13-17)18-10-8-15(3,5-2)9-11-18/h14H,4-13,17H2,1-3H3. The molecule has 1 aliphatic carbocycles. The monoisotopic (exact) mass is 252 g/mol. The summed E-state index contributed by atoms with van der Waals surface area (Å²) in [7, 11) is 0. The highest BCUT2D eigenvalue weighted by atomic mass is 15.2. The molecule has 2 fully saturated rings. The number of nitrogens with zero attached hydrogens (tertiary/aromatic N) is 1. The van der Waals surface area contributed by atoms with Crippen molar-refractivity contribution in [3.05, 3.63) is 0 Å². The maximum Gasteiger partial charge on any atom is 0.0334 e. The van der Waals surface area contributed by atoms with Gasteiger partial charge in [-0.15, -0.1) is 0 Å². The zero-order valence-electron chi connectivity index (χ0n) is 12.7. The minimum Gasteiger partial charge on any atom is -0.329 e. The van der Waals surface area contributed by atoms with Crippen LogP contribution < -0.4 is 5.73 Å². The Hall–Kier alpha value is -0.0800. The normalized spacial score (nSPS) is 37.0. The highest BCUT2D eigenvalue weighted by Gasteiger charge is 2.44. The summed E-state index contributed by atoms with van der Waals surface area (Å²) in [5, 5.41) is 0. The minimum atomic E-state index is 0.357. The molecule has 106 valence electrons. The van der Waals surface area contributed by atoms with Crippen molar-refractivity contribution in [2.45, 2.75) is 71.3 Å². The van der Waals surface area contributed by atoms with E-state index in [1.54, 1.807) is 0 Å². The first-order valence-electron chi connectivity index (χ1n) is 8.02. The van der Waals surface area contributed by atoms with Crippen molar-refractivity contribution in [2.75, 3.05) is 19.6 Å². The second-order valence-corrected chi connectivity index (χ2v) is 7.10. The van der Waals surface area contributed by atoms with Crippen LogP contribution >= 0.6 is 0 Å². The van der Waals surface area contributed by atoms with Gasteiger partial charge in [0.15, 0.2) is 0 Å². The SMILES string of the molecule is CCC1CCC(CN)(N2CCC(C)(CC)CC2)C1. The van der Waals surface area contributed by atoms with Gasteiger partial charge < -0.3 is 5.73 Å². The van der Waals surface area contributed by atoms with E-state index in [9.17, 15) is 0 Å². The lowest BCUT2D eigenvalue weighted by Gasteiger charge is -2.48. The molecule has 0 bridgehead atoms. The van der Waals surface area contributed by atoms with Crippen molar-refractivity contribution in [3.63, 3.8) is 0 Å². The number of hydrogen-bond acceptors (Lipinski definition) is 2. The molecule has 2 unspecified atom stereocenters. The fraction of sp³-hybridized carbons (Fsp3) is 1.00. The Morgan fingerprint density at radius 3 is 2.28 bits per heavy atom. The van der Waals surface area contributed by atoms with Gasteiger partial charge in [0.1, 0.15) is 0 Å². The highest BCUT2D eigenvalue weighted by Crippen LogP contribution is 2.43. The number of nitrogens with two attached hydrogens (primary N) is 1. The summed E-state index contributed by atoms with van der Waals surface area (Å²) in [4.78, 5) is 2.75. The third-order valence-corrected chi connectivity index (χ3v) is 6.14. The van der Waals surface area contributed by atoms with Gasteiger partial charge >= 0.3 is 0 Å². The van der Waals surface area contributed by atoms with Crippen LogP contribution in [0, 0.1) is 11.3 Å². The van der Waals surface area contributed by atoms with Crippen molar-refractivity contribution in [1.82, 2.24) is 4.90 Å². The molecule has 18 heavy (non-hydrogen) atoms. The quantitative estimate of drug-likeness (QED) is 0.831. The fourth-order valence-corrected chi connectivity index (χ4v) is 4.04. The van der Waals surface area contributed by atoms with Gasteiger partial charge in [-0.25, -0.2) is 0 Å². The van der Waals surface area contributed by atoms with Crippen LogP contribution in [0.15, 0.2) is 0 Å². The van der Waals surface area contributed by atoms with Crippen molar-refractivity contribution >= 4 is 0 Å². The van der Waals surface area contributed by atoms with Crippen LogP contribution in [0.2, 0.25) is 0 Å². The lowest BCUT2D eigenvalue weighted by Crippen LogP contribution is -2.56. The molecule has 2 heteroatoms. The van der Waals surface area contributed by atoms with Crippen LogP contribution in [-0.2, 0) is 0 Å². The average Bonchev–Trinajstić information content (AvgIpc) is 2.84. The highest BCUT2D eigenvalue weighted by molar-refractivity contribution is 5.00. The van der Waals surface area contributed by atoms with Crippen LogP contribution in [-0.4, -0.2) is 30.1 Å². The smallest absolute Gasteiger partial charge is 0.0334 e. The third kappa shape index (κ3) is 2.60. The van der Waals surface area contributed by atoms with E-state index < -0.39 is 0 Å². The van der Waals surface area contributed by atoms with E-state index in [2.05, 4.69) is 25.7 Å². The zero-order chi connectivity index (χ0) is 13.2. The molecule has 2 N–H and O–H groups in total. The Morgan fingerprint density at radius 1 is 1.17 bits per heavy atom. The van der Waals surface area contributed by atoms with Gasteiger partial charge in [0.2, 0.25) is 0 Å². The molecule has 2 nitrogen and oxygen atoms in total. The maximum atomic E-state index is 6.17. The summed E-state index contributed by atoms with van der Waals surface area (Å²) in [6.07, 6.45) is 9.48. The number of piperidine rings is 1. The predicted octanol–water partition coefficient (Wildman–Crippen LogP) is 3.41. The molecule has 1 heterocycles. The molecular weight excluding hydrogens is 220 g/mol. The van der Waals surface area contributed by atoms with Gasteiger partial charge in [-0.2, -0.15) is 0 Å². The number of hydrogen-bond donors (Lipinski definition) is 1. The van der Waals surface area contributed by atoms with E-state index >= 15 is 0 Å². The first-order valence-corrected chi connectivity index (χ1v) is 8.02. The molecule has 0 amide bonds. The van der Waals surface area contributed by atoms with E-state index in [4.69, 9.17) is 5.73 Å². The van der Waals surface area contributed by atoms with E-state index in [1.165, 1.54) is 58.0 Å². The molecule has 0 aromatic rings. The Labute approximate surface area is 113 Å². The van der Waals surface area contributed by atoms with E-state index in [0.29, 0.717) is 11.0 Å². The lowest BCUT2D eigenvalue weighted by molar-refractivity contribution is 0.0258. The summed E-state index contributed by atoms with van der Waals surface area (Å²) in [6, 6.07) is 0. The Kier molecular flexibility index (Phi) is 4.38. The molecule has 0 spiro atoms. The van der Waals surface area contributed by atoms with Gasteiger partial charge in [-0.1, -0.05) is 33.6 Å². The third-order valence-electron chi connectivity index (χ3n) is 6.14. The summed E-state index contributed by atoms with van der Waals surface area (Å²) in [5.74, 6) is 0.924. The van der Waals surface area contributed by atoms with Crippen molar-refractivity contribution in [1.29, 1.82) is 0 Å². The fourth-order valence-electron chi connectivity index (χ4n) is 4.04. The van der Waals surface area contributed by atoms with E-state index in [-0.39, 0.29) is 0 Å². The zero-order valence-corrected chi connectivity index (χ0v) is 12.7. The summed E-state index contributed by atoms with van der Waals surface area (Å²) >= 11 is 0. The van der Waals surface area contributed by atoms with Crippen molar-refractivity contribution in [3.8, 4) is 0 Å². The average molecular weight is 252 g/mol. The summed E-state index contributed by atoms with van der Waals surface area (Å²) < 4.78 is 0. The molecule has 2 rings (SSSR count). The van der Waals surface area contributed by atoms with Crippen LogP contribution in [0.5, 0.6) is 0 Å². The van der Waals surface area contributed by atoms with Crippen LogP contribution in [0.1, 0.15) is 65.7 Å². The first kappa shape index (κ1) is 14.3. The molecule has 1 saturated heterocycles. The molecule has 0 aromatic heterocycles. The second-order valence-electron chi connectivity index (χ2n) is 7.10. The first-order chi connectivity index (χ1) is 8.57. The number of likely N-dealkylation sites (tertiary alicyclic amines) is 1. The Bertz CT molecular complexity index is 268. The molecule has 2 atom stereocenters. The van der Waals surface area contributed by atoms with Crippen molar-refractivity contribution < 1.29 is 0 Å². The minimum absolute atomic E-state index is 0.357. The van der Waals surface area contributed by atoms with Gasteiger partial charge in [0.25, 0.3) is 0 Å². The van der Waals surface area contributed by atoms with Crippen LogP contribution in [0.4, 0.5) is 0 Å². The van der Waals surface area contributed by atoms with Crippen LogP contribution in [0.3, 0.4) is 0 Å². The van der Waals surface area contributed by atoms with Gasteiger partial charge in [0.05, 0.1) is 0 Å².